The first kappa shape index (κ1) is 11.8. The van der Waals surface area contributed by atoms with Gasteiger partial charge < -0.3 is 0 Å². The van der Waals surface area contributed by atoms with E-state index in [1.54, 1.807) is 32.1 Å². The summed E-state index contributed by atoms with van der Waals surface area (Å²) in [7, 11) is -0.276. The van der Waals surface area contributed by atoms with Gasteiger partial charge in [0.2, 0.25) is 0 Å². The van der Waals surface area contributed by atoms with Gasteiger partial charge in [-0.15, -0.1) is 0 Å². The minimum absolute atomic E-state index is 0.276. The molecule has 0 heterocycles. The van der Waals surface area contributed by atoms with E-state index in [1.165, 1.54) is 18.6 Å². The molecule has 2 bridgehead atoms. The van der Waals surface area contributed by atoms with Crippen molar-refractivity contribution in [2.24, 2.45) is 11.8 Å². The highest BCUT2D eigenvalue weighted by Crippen LogP contribution is 2.58. The molecule has 1 unspecified atom stereocenters. The van der Waals surface area contributed by atoms with E-state index in [-0.39, 0.29) is 10.0 Å². The molecule has 15 heavy (non-hydrogen) atoms. The summed E-state index contributed by atoms with van der Waals surface area (Å²) in [5, 5.41) is 1.14. The summed E-state index contributed by atoms with van der Waals surface area (Å²) >= 11 is 0. The Balaban J connectivity index is 1.97. The third-order valence-electron chi connectivity index (χ3n) is 4.83. The van der Waals surface area contributed by atoms with Crippen LogP contribution in [0, 0.1) is 11.8 Å². The van der Waals surface area contributed by atoms with Crippen LogP contribution in [0.1, 0.15) is 51.9 Å². The van der Waals surface area contributed by atoms with Gasteiger partial charge in [-0.25, -0.2) is 10.0 Å². The predicted molar refractivity (Wildman–Crippen MR) is 73.1 cm³/mol. The van der Waals surface area contributed by atoms with Gasteiger partial charge in [0.15, 0.2) is 0 Å². The molecule has 0 aliphatic heterocycles. The molecular formula is C14H28S. The van der Waals surface area contributed by atoms with Gasteiger partial charge in [-0.3, -0.25) is 0 Å². The van der Waals surface area contributed by atoms with Crippen LogP contribution in [0.25, 0.3) is 0 Å². The van der Waals surface area contributed by atoms with Crippen molar-refractivity contribution in [3.05, 3.63) is 0 Å². The van der Waals surface area contributed by atoms with Crippen LogP contribution in [-0.4, -0.2) is 23.5 Å². The van der Waals surface area contributed by atoms with E-state index in [0.29, 0.717) is 0 Å². The molecule has 0 aromatic carbocycles. The summed E-state index contributed by atoms with van der Waals surface area (Å²) < 4.78 is 0. The van der Waals surface area contributed by atoms with Crippen LogP contribution in [0.4, 0.5) is 0 Å². The lowest BCUT2D eigenvalue weighted by molar-refractivity contribution is 0.183. The molecule has 3 fully saturated rings. The fraction of sp³-hybridized carbons (Fsp3) is 1.00. The molecule has 0 saturated heterocycles. The number of hydrogen-bond donors (Lipinski definition) is 0. The van der Waals surface area contributed by atoms with Gasteiger partial charge in [-0.1, -0.05) is 26.2 Å². The average Bonchev–Trinajstić information content (AvgIpc) is 2.28. The smallest absolute Gasteiger partial charge is 0.00857 e. The number of unbranched alkanes of at least 4 members (excludes halogenated alkanes) is 1. The Labute approximate surface area is 97.5 Å². The first-order chi connectivity index (χ1) is 7.13. The lowest BCUT2D eigenvalue weighted by Gasteiger charge is -2.52. The van der Waals surface area contributed by atoms with E-state index in [9.17, 15) is 0 Å². The maximum absolute atomic E-state index is 2.62. The monoisotopic (exact) mass is 228 g/mol. The second kappa shape index (κ2) is 4.69. The fourth-order valence-electron chi connectivity index (χ4n) is 3.77. The summed E-state index contributed by atoms with van der Waals surface area (Å²) in [6, 6.07) is 0. The van der Waals surface area contributed by atoms with Crippen LogP contribution in [0.5, 0.6) is 0 Å². The zero-order valence-corrected chi connectivity index (χ0v) is 11.6. The van der Waals surface area contributed by atoms with E-state index in [0.717, 1.165) is 17.1 Å². The Kier molecular flexibility index (Phi) is 3.70. The summed E-state index contributed by atoms with van der Waals surface area (Å²) in [6.07, 6.45) is 15.9. The van der Waals surface area contributed by atoms with Gasteiger partial charge in [0.05, 0.1) is 0 Å². The van der Waals surface area contributed by atoms with E-state index >= 15 is 0 Å². The van der Waals surface area contributed by atoms with Crippen LogP contribution >= 0.6 is 10.0 Å². The van der Waals surface area contributed by atoms with Crippen LogP contribution in [-0.2, 0) is 0 Å². The van der Waals surface area contributed by atoms with Crippen molar-refractivity contribution in [1.29, 1.82) is 0 Å². The molecule has 3 aliphatic carbocycles. The summed E-state index contributed by atoms with van der Waals surface area (Å²) in [6.45, 7) is 2.34. The minimum atomic E-state index is -0.276. The first-order valence-electron chi connectivity index (χ1n) is 6.83. The Morgan fingerprint density at radius 2 is 1.73 bits per heavy atom. The molecule has 3 rings (SSSR count). The Morgan fingerprint density at radius 3 is 2.20 bits per heavy atom. The molecule has 0 aromatic rings. The van der Waals surface area contributed by atoms with Crippen molar-refractivity contribution in [1.82, 2.24) is 0 Å². The second-order valence-corrected chi connectivity index (χ2v) is 10.5. The van der Waals surface area contributed by atoms with Gasteiger partial charge in [0.25, 0.3) is 0 Å². The zero-order valence-electron chi connectivity index (χ0n) is 10.8. The lowest BCUT2D eigenvalue weighted by atomic mass is 9.70. The SMILES string of the molecule is CCCCS(C)(C)C1CC2CCC1CC2. The molecule has 90 valence electrons. The van der Waals surface area contributed by atoms with Gasteiger partial charge in [0, 0.05) is 0 Å². The van der Waals surface area contributed by atoms with E-state index in [1.807, 2.05) is 0 Å². The molecule has 1 atom stereocenters. The summed E-state index contributed by atoms with van der Waals surface area (Å²) in [5.74, 6) is 3.78. The maximum Gasteiger partial charge on any atom is -0.00857 e. The zero-order chi connectivity index (χ0) is 10.9. The number of rotatable bonds is 4. The largest absolute Gasteiger partial charge is 0.244 e. The molecule has 0 spiro atoms. The topological polar surface area (TPSA) is 0 Å². The van der Waals surface area contributed by atoms with Crippen molar-refractivity contribution in [2.75, 3.05) is 18.3 Å². The molecule has 0 aromatic heterocycles. The third-order valence-corrected chi connectivity index (χ3v) is 8.38. The number of hydrogen-bond acceptors (Lipinski definition) is 0. The third kappa shape index (κ3) is 2.54. The Bertz CT molecular complexity index is 201. The highest BCUT2D eigenvalue weighted by Gasteiger charge is 2.40. The van der Waals surface area contributed by atoms with Crippen molar-refractivity contribution >= 4 is 10.0 Å². The molecule has 3 aliphatic rings. The maximum atomic E-state index is 2.62. The predicted octanol–water partition coefficient (Wildman–Crippen LogP) is 4.43. The highest BCUT2D eigenvalue weighted by atomic mass is 32.3. The average molecular weight is 228 g/mol. The molecule has 0 nitrogen and oxygen atoms in total. The molecule has 3 saturated carbocycles. The summed E-state index contributed by atoms with van der Waals surface area (Å²) in [4.78, 5) is 0. The molecule has 0 N–H and O–H groups in total. The van der Waals surface area contributed by atoms with Crippen LogP contribution in [0.3, 0.4) is 0 Å². The quantitative estimate of drug-likeness (QED) is 0.668. The normalized spacial score (nSPS) is 36.9. The van der Waals surface area contributed by atoms with Crippen LogP contribution in [0.15, 0.2) is 0 Å². The number of fused-ring (bicyclic) bond motifs is 3. The van der Waals surface area contributed by atoms with Crippen LogP contribution in [0.2, 0.25) is 0 Å². The van der Waals surface area contributed by atoms with Crippen LogP contribution < -0.4 is 0 Å². The minimum Gasteiger partial charge on any atom is -0.244 e. The molecule has 0 amide bonds. The fourth-order valence-corrected chi connectivity index (χ4v) is 7.21. The van der Waals surface area contributed by atoms with E-state index in [4.69, 9.17) is 0 Å². The van der Waals surface area contributed by atoms with Crippen molar-refractivity contribution in [3.8, 4) is 0 Å². The standard InChI is InChI=1S/C14H28S/c1-4-5-10-15(2,3)14-11-12-6-8-13(14)9-7-12/h12-14H,4-11H2,1-3H3. The van der Waals surface area contributed by atoms with Crippen molar-refractivity contribution in [3.63, 3.8) is 0 Å². The highest BCUT2D eigenvalue weighted by molar-refractivity contribution is 8.33. The van der Waals surface area contributed by atoms with Gasteiger partial charge >= 0.3 is 0 Å². The van der Waals surface area contributed by atoms with E-state index in [2.05, 4.69) is 19.4 Å². The van der Waals surface area contributed by atoms with Crippen molar-refractivity contribution in [2.45, 2.75) is 57.1 Å². The molecule has 0 radical (unpaired) electrons. The molecular weight excluding hydrogens is 200 g/mol. The first-order valence-corrected chi connectivity index (χ1v) is 9.51. The lowest BCUT2D eigenvalue weighted by Crippen LogP contribution is -2.38. The molecule has 1 heteroatoms. The second-order valence-electron chi connectivity index (χ2n) is 6.24. The van der Waals surface area contributed by atoms with Gasteiger partial charge in [-0.05, 0) is 61.0 Å². The summed E-state index contributed by atoms with van der Waals surface area (Å²) in [5.41, 5.74) is 0. The van der Waals surface area contributed by atoms with Gasteiger partial charge in [0.1, 0.15) is 0 Å². The van der Waals surface area contributed by atoms with Gasteiger partial charge in [-0.2, -0.15) is 0 Å². The van der Waals surface area contributed by atoms with Crippen molar-refractivity contribution < 1.29 is 0 Å². The van der Waals surface area contributed by atoms with E-state index < -0.39 is 0 Å². The Morgan fingerprint density at radius 1 is 1.07 bits per heavy atom. The Hall–Kier alpha value is 0.350.